The van der Waals surface area contributed by atoms with Crippen molar-refractivity contribution >= 4 is 38.9 Å². The molecule has 2 spiro atoms. The number of benzene rings is 12. The van der Waals surface area contributed by atoms with Crippen LogP contribution in [0.4, 0.5) is 17.1 Å². The van der Waals surface area contributed by atoms with Gasteiger partial charge in [0.15, 0.2) is 0 Å². The first-order valence-corrected chi connectivity index (χ1v) is 26.6. The van der Waals surface area contributed by atoms with Gasteiger partial charge < -0.3 is 9.47 Å². The molecule has 1 aliphatic heterocycles. The average molecular weight is 963 g/mol. The Morgan fingerprint density at radius 2 is 0.697 bits per heavy atom. The van der Waals surface area contributed by atoms with Crippen LogP contribution in [-0.4, -0.2) is 4.57 Å². The lowest BCUT2D eigenvalue weighted by molar-refractivity contribution is 0.749. The lowest BCUT2D eigenvalue weighted by atomic mass is 9.65. The lowest BCUT2D eigenvalue weighted by Gasteiger charge is -2.39. The molecule has 352 valence electrons. The van der Waals surface area contributed by atoms with Gasteiger partial charge in [-0.1, -0.05) is 237 Å². The molecule has 3 aliphatic carbocycles. The molecule has 0 saturated heterocycles. The zero-order chi connectivity index (χ0) is 49.7. The number of rotatable bonds is 5. The highest BCUT2D eigenvalue weighted by molar-refractivity contribution is 6.13. The maximum Gasteiger partial charge on any atom is 0.0754 e. The smallest absolute Gasteiger partial charge is 0.0754 e. The van der Waals surface area contributed by atoms with Gasteiger partial charge in [-0.3, -0.25) is 0 Å². The molecule has 0 amide bonds. The van der Waals surface area contributed by atoms with Gasteiger partial charge in [0.25, 0.3) is 0 Å². The molecule has 1 atom stereocenters. The Kier molecular flexibility index (Phi) is 8.44. The summed E-state index contributed by atoms with van der Waals surface area (Å²) in [5, 5.41) is 2.56. The summed E-state index contributed by atoms with van der Waals surface area (Å²) < 4.78 is 2.53. The van der Waals surface area contributed by atoms with E-state index in [0.717, 1.165) is 22.6 Å². The molecule has 2 nitrogen and oxygen atoms in total. The van der Waals surface area contributed by atoms with Gasteiger partial charge in [0.05, 0.1) is 38.9 Å². The average Bonchev–Trinajstić information content (AvgIpc) is 4.21. The van der Waals surface area contributed by atoms with E-state index in [1.807, 2.05) is 0 Å². The normalized spacial score (nSPS) is 15.3. The van der Waals surface area contributed by atoms with E-state index in [9.17, 15) is 0 Å². The molecular formula is C74H46N2. The molecule has 0 N–H and O–H groups in total. The van der Waals surface area contributed by atoms with Crippen LogP contribution in [0.15, 0.2) is 279 Å². The topological polar surface area (TPSA) is 8.17 Å². The Hall–Kier alpha value is -9.76. The number of fused-ring (bicyclic) bond motifs is 22. The van der Waals surface area contributed by atoms with E-state index in [-0.39, 0.29) is 0 Å². The van der Waals surface area contributed by atoms with Crippen molar-refractivity contribution in [1.29, 1.82) is 0 Å². The van der Waals surface area contributed by atoms with Gasteiger partial charge in [0.2, 0.25) is 0 Å². The summed E-state index contributed by atoms with van der Waals surface area (Å²) in [7, 11) is 0. The molecule has 0 radical (unpaired) electrons. The molecule has 13 aromatic rings. The lowest BCUT2D eigenvalue weighted by Crippen LogP contribution is -2.33. The maximum absolute atomic E-state index is 2.55. The van der Waals surface area contributed by atoms with E-state index < -0.39 is 10.8 Å². The predicted molar refractivity (Wildman–Crippen MR) is 313 cm³/mol. The van der Waals surface area contributed by atoms with Gasteiger partial charge in [-0.2, -0.15) is 0 Å². The van der Waals surface area contributed by atoms with E-state index >= 15 is 0 Å². The van der Waals surface area contributed by atoms with E-state index in [0.29, 0.717) is 0 Å². The van der Waals surface area contributed by atoms with Crippen molar-refractivity contribution in [2.75, 3.05) is 4.90 Å². The number of aromatic nitrogens is 1. The quantitative estimate of drug-likeness (QED) is 0.167. The highest BCUT2D eigenvalue weighted by atomic mass is 15.1. The van der Waals surface area contributed by atoms with Crippen LogP contribution in [0.25, 0.3) is 83.1 Å². The Labute approximate surface area is 441 Å². The molecule has 12 aromatic carbocycles. The molecule has 2 heteroatoms. The Bertz CT molecular complexity index is 4550. The van der Waals surface area contributed by atoms with Crippen molar-refractivity contribution in [2.45, 2.75) is 10.8 Å². The molecule has 4 aliphatic rings. The third-order valence-electron chi connectivity index (χ3n) is 17.6. The number of anilines is 3. The molecular weight excluding hydrogens is 917 g/mol. The van der Waals surface area contributed by atoms with Gasteiger partial charge in [-0.15, -0.1) is 0 Å². The van der Waals surface area contributed by atoms with Crippen LogP contribution in [0.1, 0.15) is 44.5 Å². The van der Waals surface area contributed by atoms with Crippen LogP contribution in [-0.2, 0) is 10.8 Å². The second kappa shape index (κ2) is 15.4. The molecule has 1 aromatic heterocycles. The highest BCUT2D eigenvalue weighted by Crippen LogP contribution is 2.65. The summed E-state index contributed by atoms with van der Waals surface area (Å²) >= 11 is 0. The summed E-state index contributed by atoms with van der Waals surface area (Å²) in [6.45, 7) is 0. The van der Waals surface area contributed by atoms with Crippen LogP contribution < -0.4 is 4.90 Å². The number of nitrogens with zero attached hydrogens (tertiary/aromatic N) is 2. The second-order valence-electron chi connectivity index (χ2n) is 21.0. The first kappa shape index (κ1) is 41.7. The summed E-state index contributed by atoms with van der Waals surface area (Å²) in [6, 6.07) is 105. The summed E-state index contributed by atoms with van der Waals surface area (Å²) in [4.78, 5) is 2.55. The monoisotopic (exact) mass is 962 g/mol. The van der Waals surface area contributed by atoms with Crippen LogP contribution in [0.2, 0.25) is 0 Å². The minimum atomic E-state index is -0.575. The van der Waals surface area contributed by atoms with Crippen LogP contribution in [0.5, 0.6) is 0 Å². The fourth-order valence-corrected chi connectivity index (χ4v) is 14.8. The van der Waals surface area contributed by atoms with Crippen LogP contribution >= 0.6 is 0 Å². The van der Waals surface area contributed by atoms with Crippen molar-refractivity contribution in [3.8, 4) is 61.3 Å². The zero-order valence-corrected chi connectivity index (χ0v) is 41.5. The first-order chi connectivity index (χ1) is 37.7. The minimum Gasteiger partial charge on any atom is -0.309 e. The Morgan fingerprint density at radius 3 is 1.33 bits per heavy atom. The van der Waals surface area contributed by atoms with E-state index in [1.165, 1.54) is 122 Å². The van der Waals surface area contributed by atoms with Crippen molar-refractivity contribution in [1.82, 2.24) is 4.57 Å². The zero-order valence-electron chi connectivity index (χ0n) is 41.5. The minimum absolute atomic E-state index is 0.493. The summed E-state index contributed by atoms with van der Waals surface area (Å²) in [5.41, 5.74) is 29.0. The maximum atomic E-state index is 2.55. The molecule has 17 rings (SSSR count). The first-order valence-electron chi connectivity index (χ1n) is 26.6. The largest absolute Gasteiger partial charge is 0.309 e. The summed E-state index contributed by atoms with van der Waals surface area (Å²) in [5.74, 6) is 0. The standard InChI is InChI=1S/C74H46N2/c1-2-21-47(22-3-1)50-23-8-16-37-68(50)75(49-42-44-57-55-28-6-13-33-62(55)73(67(57)46-49)60-31-11-4-25-52(60)53-26-5-12-32-61(53)73)69-38-17-9-24-51(69)48-41-43-56-54-27-7-14-34-63(54)74(66(56)45-48)64-35-15-19-40-71(64)76-70-39-18-10-29-58(70)59-30-20-36-65(74)72(59)76/h1-46H. The van der Waals surface area contributed by atoms with E-state index in [2.05, 4.69) is 289 Å². The van der Waals surface area contributed by atoms with Gasteiger partial charge in [-0.25, -0.2) is 0 Å². The van der Waals surface area contributed by atoms with Crippen molar-refractivity contribution in [2.24, 2.45) is 0 Å². The van der Waals surface area contributed by atoms with Crippen molar-refractivity contribution in [3.63, 3.8) is 0 Å². The molecule has 1 unspecified atom stereocenters. The third-order valence-corrected chi connectivity index (χ3v) is 17.6. The molecule has 76 heavy (non-hydrogen) atoms. The van der Waals surface area contributed by atoms with E-state index in [1.54, 1.807) is 0 Å². The van der Waals surface area contributed by atoms with Gasteiger partial charge in [-0.05, 0) is 131 Å². The predicted octanol–water partition coefficient (Wildman–Crippen LogP) is 18.6. The molecule has 2 heterocycles. The fourth-order valence-electron chi connectivity index (χ4n) is 14.8. The Balaban J connectivity index is 0.933. The Morgan fingerprint density at radius 1 is 0.263 bits per heavy atom. The molecule has 0 saturated carbocycles. The van der Waals surface area contributed by atoms with E-state index in [4.69, 9.17) is 0 Å². The fraction of sp³-hybridized carbons (Fsp3) is 0.0270. The third kappa shape index (κ3) is 5.20. The van der Waals surface area contributed by atoms with Crippen LogP contribution in [0, 0.1) is 0 Å². The summed E-state index contributed by atoms with van der Waals surface area (Å²) in [6.07, 6.45) is 0. The van der Waals surface area contributed by atoms with Crippen molar-refractivity contribution < 1.29 is 0 Å². The van der Waals surface area contributed by atoms with Gasteiger partial charge in [0.1, 0.15) is 0 Å². The number of para-hydroxylation sites is 5. The second-order valence-corrected chi connectivity index (χ2v) is 21.0. The number of hydrogen-bond donors (Lipinski definition) is 0. The van der Waals surface area contributed by atoms with Gasteiger partial charge in [0, 0.05) is 27.6 Å². The number of hydrogen-bond acceptors (Lipinski definition) is 1. The van der Waals surface area contributed by atoms with Crippen LogP contribution in [0.3, 0.4) is 0 Å². The molecule has 0 fully saturated rings. The molecule has 0 bridgehead atoms. The van der Waals surface area contributed by atoms with Gasteiger partial charge >= 0.3 is 0 Å². The SMILES string of the molecule is c1ccc(-c2ccccc2N(c2ccc3c(c2)C2(c4ccccc4-c4ccccc42)c2ccccc2-3)c2ccccc2-c2ccc3c(c2)C2(c4ccccc4-3)c3ccccc3-n3c4ccccc4c4cccc2c43)cc1. The highest BCUT2D eigenvalue weighted by Gasteiger charge is 2.53. The van der Waals surface area contributed by atoms with Crippen molar-refractivity contribution in [3.05, 3.63) is 324 Å².